The van der Waals surface area contributed by atoms with Crippen LogP contribution in [0.2, 0.25) is 0 Å². The van der Waals surface area contributed by atoms with Gasteiger partial charge in [0.2, 0.25) is 5.82 Å². The van der Waals surface area contributed by atoms with Gasteiger partial charge in [0, 0.05) is 19.0 Å². The molecule has 106 valence electrons. The molecular formula is C14H17N3O3. The van der Waals surface area contributed by atoms with Crippen molar-refractivity contribution in [2.75, 3.05) is 0 Å². The minimum atomic E-state index is -0.109. The van der Waals surface area contributed by atoms with E-state index in [0.29, 0.717) is 31.0 Å². The number of Topliss-reactive ketones (excluding diaryl/α,β-unsaturated/α-hetero) is 1. The smallest absolute Gasteiger partial charge is 0.346 e. The number of carbonyl (C=O) groups excluding carboxylic acids is 1. The van der Waals surface area contributed by atoms with E-state index >= 15 is 0 Å². The molecule has 0 aromatic carbocycles. The molecule has 0 radical (unpaired) electrons. The Labute approximate surface area is 116 Å². The van der Waals surface area contributed by atoms with Gasteiger partial charge in [-0.15, -0.1) is 5.10 Å². The Morgan fingerprint density at radius 1 is 1.50 bits per heavy atom. The van der Waals surface area contributed by atoms with E-state index in [4.69, 9.17) is 4.42 Å². The molecule has 2 aromatic heterocycles. The van der Waals surface area contributed by atoms with Gasteiger partial charge in [0.05, 0.1) is 6.26 Å². The highest BCUT2D eigenvalue weighted by atomic mass is 16.3. The first-order valence-electron chi connectivity index (χ1n) is 6.89. The van der Waals surface area contributed by atoms with Gasteiger partial charge in [0.1, 0.15) is 5.78 Å². The molecule has 1 saturated carbocycles. The summed E-state index contributed by atoms with van der Waals surface area (Å²) < 4.78 is 8.52. The molecule has 0 spiro atoms. The predicted octanol–water partition coefficient (Wildman–Crippen LogP) is 2.01. The first kappa shape index (κ1) is 12.9. The zero-order valence-electron chi connectivity index (χ0n) is 11.4. The van der Waals surface area contributed by atoms with E-state index in [1.165, 1.54) is 4.68 Å². The highest BCUT2D eigenvalue weighted by molar-refractivity contribution is 5.75. The lowest BCUT2D eigenvalue weighted by Crippen LogP contribution is -2.24. The van der Waals surface area contributed by atoms with Crippen molar-refractivity contribution < 1.29 is 9.21 Å². The Morgan fingerprint density at radius 3 is 2.90 bits per heavy atom. The molecule has 1 aliphatic carbocycles. The quantitative estimate of drug-likeness (QED) is 0.808. The maximum Gasteiger partial charge on any atom is 0.346 e. The van der Waals surface area contributed by atoms with Gasteiger partial charge in [0.15, 0.2) is 5.76 Å². The van der Waals surface area contributed by atoms with Crippen LogP contribution < -0.4 is 5.69 Å². The maximum atomic E-state index is 12.4. The van der Waals surface area contributed by atoms with Gasteiger partial charge < -0.3 is 9.21 Å². The van der Waals surface area contributed by atoms with Crippen LogP contribution in [0.1, 0.15) is 38.6 Å². The molecule has 0 atom stereocenters. The number of carbonyl (C=O) groups is 1. The number of aromatic nitrogens is 3. The Morgan fingerprint density at radius 2 is 2.30 bits per heavy atom. The Balaban J connectivity index is 1.90. The molecule has 0 unspecified atom stereocenters. The zero-order valence-corrected chi connectivity index (χ0v) is 11.4. The Kier molecular flexibility index (Phi) is 3.30. The third-order valence-electron chi connectivity index (χ3n) is 3.42. The van der Waals surface area contributed by atoms with Crippen LogP contribution in [0.15, 0.2) is 27.6 Å². The molecule has 0 saturated heterocycles. The van der Waals surface area contributed by atoms with Gasteiger partial charge in [-0.3, -0.25) is 4.57 Å². The number of rotatable bonds is 6. The van der Waals surface area contributed by atoms with Gasteiger partial charge in [0.25, 0.3) is 0 Å². The topological polar surface area (TPSA) is 70.0 Å². The first-order chi connectivity index (χ1) is 9.66. The molecule has 0 bridgehead atoms. The summed E-state index contributed by atoms with van der Waals surface area (Å²) in [5, 5.41) is 4.37. The van der Waals surface area contributed by atoms with E-state index in [-0.39, 0.29) is 17.5 Å². The van der Waals surface area contributed by atoms with Crippen molar-refractivity contribution in [1.82, 2.24) is 14.3 Å². The molecule has 0 aliphatic heterocycles. The number of hydrogen-bond acceptors (Lipinski definition) is 4. The van der Waals surface area contributed by atoms with Gasteiger partial charge in [-0.1, -0.05) is 0 Å². The minimum Gasteiger partial charge on any atom is -0.461 e. The zero-order chi connectivity index (χ0) is 14.1. The van der Waals surface area contributed by atoms with Crippen LogP contribution in [0.25, 0.3) is 11.6 Å². The van der Waals surface area contributed by atoms with E-state index in [1.807, 2.05) is 0 Å². The van der Waals surface area contributed by atoms with Crippen molar-refractivity contribution in [3.63, 3.8) is 0 Å². The summed E-state index contributed by atoms with van der Waals surface area (Å²) in [6.45, 7) is 2.02. The summed E-state index contributed by atoms with van der Waals surface area (Å²) in [6.07, 6.45) is 4.69. The summed E-state index contributed by atoms with van der Waals surface area (Å²) in [7, 11) is 0. The third-order valence-corrected chi connectivity index (χ3v) is 3.42. The lowest BCUT2D eigenvalue weighted by molar-refractivity contribution is -0.117. The van der Waals surface area contributed by atoms with Gasteiger partial charge in [-0.25, -0.2) is 9.48 Å². The first-order valence-corrected chi connectivity index (χ1v) is 6.89. The molecule has 1 fully saturated rings. The molecule has 6 nitrogen and oxygen atoms in total. The van der Waals surface area contributed by atoms with Crippen LogP contribution in [0, 0.1) is 0 Å². The second kappa shape index (κ2) is 5.11. The number of hydrogen-bond donors (Lipinski definition) is 0. The minimum absolute atomic E-state index is 0.109. The fourth-order valence-corrected chi connectivity index (χ4v) is 2.28. The standard InChI is InChI=1S/C14H17N3O3/c1-10(18)4-2-8-16-14(19)17(11-6-7-11)13(15-16)12-5-3-9-20-12/h3,5,9,11H,2,4,6-8H2,1H3. The van der Waals surface area contributed by atoms with Gasteiger partial charge in [-0.05, 0) is 38.3 Å². The largest absolute Gasteiger partial charge is 0.461 e. The fraction of sp³-hybridized carbons (Fsp3) is 0.500. The number of ketones is 1. The van der Waals surface area contributed by atoms with E-state index in [1.54, 1.807) is 29.9 Å². The summed E-state index contributed by atoms with van der Waals surface area (Å²) in [5.41, 5.74) is -0.109. The van der Waals surface area contributed by atoms with Crippen molar-refractivity contribution in [2.24, 2.45) is 0 Å². The van der Waals surface area contributed by atoms with Crippen molar-refractivity contribution in [3.05, 3.63) is 28.9 Å². The summed E-state index contributed by atoms with van der Waals surface area (Å²) in [4.78, 5) is 23.3. The van der Waals surface area contributed by atoms with Crippen LogP contribution in [-0.4, -0.2) is 20.1 Å². The third kappa shape index (κ3) is 2.45. The SMILES string of the molecule is CC(=O)CCCn1nc(-c2ccco2)n(C2CC2)c1=O. The second-order valence-electron chi connectivity index (χ2n) is 5.21. The number of aryl methyl sites for hydroxylation is 1. The summed E-state index contributed by atoms with van der Waals surface area (Å²) in [6, 6.07) is 3.83. The van der Waals surface area contributed by atoms with E-state index in [2.05, 4.69) is 5.10 Å². The molecule has 2 aromatic rings. The highest BCUT2D eigenvalue weighted by Crippen LogP contribution is 2.36. The van der Waals surface area contributed by atoms with Crippen molar-refractivity contribution in [2.45, 2.75) is 45.2 Å². The summed E-state index contributed by atoms with van der Waals surface area (Å²) in [5.74, 6) is 1.33. The van der Waals surface area contributed by atoms with E-state index < -0.39 is 0 Å². The van der Waals surface area contributed by atoms with Gasteiger partial charge in [-0.2, -0.15) is 0 Å². The lowest BCUT2D eigenvalue weighted by atomic mass is 10.2. The average Bonchev–Trinajstić information content (AvgIpc) is 2.98. The normalized spacial score (nSPS) is 14.7. The van der Waals surface area contributed by atoms with Crippen LogP contribution in [0.3, 0.4) is 0 Å². The lowest BCUT2D eigenvalue weighted by Gasteiger charge is -1.99. The number of nitrogens with zero attached hydrogens (tertiary/aromatic N) is 3. The Hall–Kier alpha value is -2.11. The van der Waals surface area contributed by atoms with Gasteiger partial charge >= 0.3 is 5.69 Å². The van der Waals surface area contributed by atoms with E-state index in [0.717, 1.165) is 12.8 Å². The molecule has 0 amide bonds. The van der Waals surface area contributed by atoms with Crippen LogP contribution >= 0.6 is 0 Å². The van der Waals surface area contributed by atoms with Crippen molar-refractivity contribution >= 4 is 5.78 Å². The van der Waals surface area contributed by atoms with E-state index in [9.17, 15) is 9.59 Å². The van der Waals surface area contributed by atoms with Crippen LogP contribution in [0.4, 0.5) is 0 Å². The van der Waals surface area contributed by atoms with Crippen molar-refractivity contribution in [3.8, 4) is 11.6 Å². The molecule has 6 heteroatoms. The molecule has 1 aliphatic rings. The fourth-order valence-electron chi connectivity index (χ4n) is 2.28. The molecule has 20 heavy (non-hydrogen) atoms. The molecular weight excluding hydrogens is 258 g/mol. The van der Waals surface area contributed by atoms with Crippen LogP contribution in [0.5, 0.6) is 0 Å². The monoisotopic (exact) mass is 275 g/mol. The highest BCUT2D eigenvalue weighted by Gasteiger charge is 2.31. The summed E-state index contributed by atoms with van der Waals surface area (Å²) >= 11 is 0. The Bertz CT molecular complexity index is 662. The average molecular weight is 275 g/mol. The van der Waals surface area contributed by atoms with Crippen LogP contribution in [-0.2, 0) is 11.3 Å². The number of furan rings is 1. The second-order valence-corrected chi connectivity index (χ2v) is 5.21. The molecule has 2 heterocycles. The van der Waals surface area contributed by atoms with Crippen molar-refractivity contribution in [1.29, 1.82) is 0 Å². The molecule has 3 rings (SSSR count). The maximum absolute atomic E-state index is 12.4. The predicted molar refractivity (Wildman–Crippen MR) is 72.4 cm³/mol. The molecule has 0 N–H and O–H groups in total.